The second kappa shape index (κ2) is 5.41. The molecule has 0 spiro atoms. The van der Waals surface area contributed by atoms with Gasteiger partial charge in [0.25, 0.3) is 0 Å². The fourth-order valence-electron chi connectivity index (χ4n) is 1.77. The zero-order valence-electron chi connectivity index (χ0n) is 10.4. The van der Waals surface area contributed by atoms with Crippen molar-refractivity contribution in [2.75, 3.05) is 7.11 Å². The van der Waals surface area contributed by atoms with Crippen LogP contribution in [0, 0.1) is 5.82 Å². The standard InChI is InChI=1S/C12H9BrClFN2O3/c1-17-11(20-2)9(13)10(16-17)6-3-5(12(18)19)7(14)4-8(6)15/h3-4H,1-2H3,(H,18,19). The number of rotatable bonds is 3. The first kappa shape index (κ1) is 14.8. The number of aromatic nitrogens is 2. The second-order valence-corrected chi connectivity index (χ2v) is 5.11. The Morgan fingerprint density at radius 2 is 2.20 bits per heavy atom. The monoisotopic (exact) mass is 362 g/mol. The number of halogens is 3. The van der Waals surface area contributed by atoms with Crippen LogP contribution in [-0.2, 0) is 7.05 Å². The number of methoxy groups -OCH3 is 1. The molecule has 0 atom stereocenters. The van der Waals surface area contributed by atoms with Gasteiger partial charge in [-0.3, -0.25) is 0 Å². The third-order valence-electron chi connectivity index (χ3n) is 2.68. The van der Waals surface area contributed by atoms with Gasteiger partial charge < -0.3 is 9.84 Å². The highest BCUT2D eigenvalue weighted by Crippen LogP contribution is 2.37. The average molecular weight is 364 g/mol. The lowest BCUT2D eigenvalue weighted by atomic mass is 10.1. The largest absolute Gasteiger partial charge is 0.480 e. The molecule has 20 heavy (non-hydrogen) atoms. The number of ether oxygens (including phenoxy) is 1. The van der Waals surface area contributed by atoms with Gasteiger partial charge in [0.05, 0.1) is 17.7 Å². The molecule has 0 aliphatic carbocycles. The van der Waals surface area contributed by atoms with E-state index in [1.54, 1.807) is 7.05 Å². The zero-order chi connectivity index (χ0) is 15.0. The van der Waals surface area contributed by atoms with Gasteiger partial charge in [-0.05, 0) is 28.1 Å². The Labute approximate surface area is 127 Å². The number of carboxylic acids is 1. The highest BCUT2D eigenvalue weighted by Gasteiger charge is 2.22. The molecule has 1 heterocycles. The molecule has 0 aliphatic heterocycles. The number of benzene rings is 1. The Morgan fingerprint density at radius 1 is 1.55 bits per heavy atom. The summed E-state index contributed by atoms with van der Waals surface area (Å²) in [5.41, 5.74) is 0.0678. The SMILES string of the molecule is COc1c(Br)c(-c2cc(C(=O)O)c(Cl)cc2F)nn1C. The molecular weight excluding hydrogens is 354 g/mol. The van der Waals surface area contributed by atoms with E-state index in [0.29, 0.717) is 10.4 Å². The number of nitrogens with zero attached hydrogens (tertiary/aromatic N) is 2. The lowest BCUT2D eigenvalue weighted by Gasteiger charge is -2.05. The number of hydrogen-bond donors (Lipinski definition) is 1. The first-order valence-corrected chi connectivity index (χ1v) is 6.53. The molecule has 0 saturated heterocycles. The topological polar surface area (TPSA) is 64.3 Å². The fourth-order valence-corrected chi connectivity index (χ4v) is 2.71. The van der Waals surface area contributed by atoms with Crippen molar-refractivity contribution in [3.05, 3.63) is 33.0 Å². The minimum Gasteiger partial charge on any atom is -0.480 e. The summed E-state index contributed by atoms with van der Waals surface area (Å²) in [7, 11) is 3.07. The quantitative estimate of drug-likeness (QED) is 0.908. The molecule has 5 nitrogen and oxygen atoms in total. The molecule has 1 aromatic carbocycles. The third-order valence-corrected chi connectivity index (χ3v) is 3.70. The summed E-state index contributed by atoms with van der Waals surface area (Å²) in [6.07, 6.45) is 0. The zero-order valence-corrected chi connectivity index (χ0v) is 12.8. The van der Waals surface area contributed by atoms with Gasteiger partial charge in [0.15, 0.2) is 0 Å². The molecule has 2 rings (SSSR count). The van der Waals surface area contributed by atoms with Crippen LogP contribution in [0.4, 0.5) is 4.39 Å². The number of carboxylic acid groups (broad SMARTS) is 1. The minimum absolute atomic E-state index is 0.0255. The highest BCUT2D eigenvalue weighted by atomic mass is 79.9. The molecule has 0 amide bonds. The molecule has 0 radical (unpaired) electrons. The summed E-state index contributed by atoms with van der Waals surface area (Å²) in [5, 5.41) is 13.0. The van der Waals surface area contributed by atoms with Crippen LogP contribution >= 0.6 is 27.5 Å². The number of carbonyl (C=O) groups is 1. The van der Waals surface area contributed by atoms with Crippen molar-refractivity contribution < 1.29 is 19.0 Å². The molecule has 2 aromatic rings. The first-order chi connectivity index (χ1) is 9.36. The van der Waals surface area contributed by atoms with Gasteiger partial charge in [-0.25, -0.2) is 13.9 Å². The van der Waals surface area contributed by atoms with Crippen molar-refractivity contribution in [1.82, 2.24) is 9.78 Å². The second-order valence-electron chi connectivity index (χ2n) is 3.91. The van der Waals surface area contributed by atoms with Crippen LogP contribution < -0.4 is 4.74 Å². The maximum atomic E-state index is 14.0. The van der Waals surface area contributed by atoms with Crippen molar-refractivity contribution in [3.8, 4) is 17.1 Å². The van der Waals surface area contributed by atoms with Crippen molar-refractivity contribution in [2.24, 2.45) is 7.05 Å². The van der Waals surface area contributed by atoms with Gasteiger partial charge in [-0.1, -0.05) is 11.6 Å². The molecule has 0 fully saturated rings. The van der Waals surface area contributed by atoms with Crippen LogP contribution in [0.15, 0.2) is 16.6 Å². The molecule has 0 unspecified atom stereocenters. The van der Waals surface area contributed by atoms with Gasteiger partial charge in [0, 0.05) is 12.6 Å². The van der Waals surface area contributed by atoms with E-state index in [4.69, 9.17) is 21.4 Å². The van der Waals surface area contributed by atoms with Crippen LogP contribution in [-0.4, -0.2) is 28.0 Å². The van der Waals surface area contributed by atoms with E-state index >= 15 is 0 Å². The van der Waals surface area contributed by atoms with Gasteiger partial charge in [0.2, 0.25) is 5.88 Å². The fraction of sp³-hybridized carbons (Fsp3) is 0.167. The summed E-state index contributed by atoms with van der Waals surface area (Å²) in [6, 6.07) is 2.10. The predicted octanol–water partition coefficient (Wildman–Crippen LogP) is 3.35. The third kappa shape index (κ3) is 2.38. The van der Waals surface area contributed by atoms with Crippen molar-refractivity contribution >= 4 is 33.5 Å². The molecule has 8 heteroatoms. The van der Waals surface area contributed by atoms with Crippen LogP contribution in [0.5, 0.6) is 5.88 Å². The lowest BCUT2D eigenvalue weighted by Crippen LogP contribution is -2.00. The molecule has 0 aliphatic rings. The van der Waals surface area contributed by atoms with Gasteiger partial charge >= 0.3 is 5.97 Å². The Bertz CT molecular complexity index is 702. The van der Waals surface area contributed by atoms with E-state index in [0.717, 1.165) is 12.1 Å². The molecular formula is C12H9BrClFN2O3. The summed E-state index contributed by atoms with van der Waals surface area (Å²) < 4.78 is 21.0. The van der Waals surface area contributed by atoms with E-state index in [1.807, 2.05) is 0 Å². The average Bonchev–Trinajstić information content (AvgIpc) is 2.64. The van der Waals surface area contributed by atoms with Gasteiger partial charge in [-0.15, -0.1) is 0 Å². The van der Waals surface area contributed by atoms with Crippen molar-refractivity contribution in [2.45, 2.75) is 0 Å². The van der Waals surface area contributed by atoms with Gasteiger partial charge in [-0.2, -0.15) is 5.10 Å². The number of aromatic carboxylic acids is 1. The van der Waals surface area contributed by atoms with E-state index in [-0.39, 0.29) is 21.8 Å². The van der Waals surface area contributed by atoms with Crippen LogP contribution in [0.1, 0.15) is 10.4 Å². The Kier molecular flexibility index (Phi) is 4.01. The normalized spacial score (nSPS) is 10.7. The predicted molar refractivity (Wildman–Crippen MR) is 74.8 cm³/mol. The highest BCUT2D eigenvalue weighted by molar-refractivity contribution is 9.10. The minimum atomic E-state index is -1.24. The molecule has 1 N–H and O–H groups in total. The maximum absolute atomic E-state index is 14.0. The molecule has 0 saturated carbocycles. The Hall–Kier alpha value is -1.60. The summed E-state index contributed by atoms with van der Waals surface area (Å²) in [5.74, 6) is -1.51. The Morgan fingerprint density at radius 3 is 2.70 bits per heavy atom. The smallest absolute Gasteiger partial charge is 0.337 e. The van der Waals surface area contributed by atoms with Gasteiger partial charge in [0.1, 0.15) is 16.0 Å². The van der Waals surface area contributed by atoms with Crippen LogP contribution in [0.3, 0.4) is 0 Å². The lowest BCUT2D eigenvalue weighted by molar-refractivity contribution is 0.0697. The van der Waals surface area contributed by atoms with E-state index in [2.05, 4.69) is 21.0 Å². The van der Waals surface area contributed by atoms with Crippen LogP contribution in [0.2, 0.25) is 5.02 Å². The maximum Gasteiger partial charge on any atom is 0.337 e. The summed E-state index contributed by atoms with van der Waals surface area (Å²) in [4.78, 5) is 11.1. The van der Waals surface area contributed by atoms with Crippen LogP contribution in [0.25, 0.3) is 11.3 Å². The molecule has 1 aromatic heterocycles. The molecule has 0 bridgehead atoms. The van der Waals surface area contributed by atoms with Crippen molar-refractivity contribution in [3.63, 3.8) is 0 Å². The molecule has 106 valence electrons. The summed E-state index contributed by atoms with van der Waals surface area (Å²) >= 11 is 8.96. The first-order valence-electron chi connectivity index (χ1n) is 5.36. The number of hydrogen-bond acceptors (Lipinski definition) is 3. The Balaban J connectivity index is 2.70. The number of aryl methyl sites for hydroxylation is 1. The van der Waals surface area contributed by atoms with Crippen molar-refractivity contribution in [1.29, 1.82) is 0 Å². The van der Waals surface area contributed by atoms with E-state index < -0.39 is 11.8 Å². The van der Waals surface area contributed by atoms with E-state index in [1.165, 1.54) is 11.8 Å². The summed E-state index contributed by atoms with van der Waals surface area (Å²) in [6.45, 7) is 0. The van der Waals surface area contributed by atoms with E-state index in [9.17, 15) is 9.18 Å².